The van der Waals surface area contributed by atoms with Gasteiger partial charge in [0, 0.05) is 46.6 Å². The number of pyridine rings is 1. The molecule has 35 heavy (non-hydrogen) atoms. The number of H-pyrrole nitrogens is 1. The van der Waals surface area contributed by atoms with Gasteiger partial charge >= 0.3 is 0 Å². The van der Waals surface area contributed by atoms with Crippen molar-refractivity contribution in [3.63, 3.8) is 0 Å². The van der Waals surface area contributed by atoms with E-state index in [0.717, 1.165) is 75.3 Å². The van der Waals surface area contributed by atoms with Gasteiger partial charge in [-0.25, -0.2) is 4.31 Å². The molecule has 0 radical (unpaired) electrons. The molecule has 5 rings (SSSR count). The fourth-order valence-corrected chi connectivity index (χ4v) is 6.72. The van der Waals surface area contributed by atoms with Crippen LogP contribution in [0, 0.1) is 0 Å². The minimum Gasteiger partial charge on any atom is -0.494 e. The summed E-state index contributed by atoms with van der Waals surface area (Å²) < 4.78 is 14.8. The van der Waals surface area contributed by atoms with Gasteiger partial charge < -0.3 is 19.8 Å². The summed E-state index contributed by atoms with van der Waals surface area (Å²) in [6, 6.07) is 13.1. The number of benzene rings is 1. The number of ether oxygens (including phenoxy) is 2. The first-order valence-electron chi connectivity index (χ1n) is 12.7. The van der Waals surface area contributed by atoms with Crippen LogP contribution >= 0.6 is 23.7 Å². The second-order valence-corrected chi connectivity index (χ2v) is 12.6. The topological polar surface area (TPSA) is 62.4 Å². The minimum atomic E-state index is 0.0431. The molecule has 8 heteroatoms. The van der Waals surface area contributed by atoms with E-state index < -0.39 is 0 Å². The number of thioether (sulfide) groups is 1. The van der Waals surface area contributed by atoms with E-state index in [0.29, 0.717) is 11.3 Å². The van der Waals surface area contributed by atoms with Crippen LogP contribution in [-0.2, 0) is 4.74 Å². The van der Waals surface area contributed by atoms with E-state index in [9.17, 15) is 0 Å². The Morgan fingerprint density at radius 3 is 2.97 bits per heavy atom. The summed E-state index contributed by atoms with van der Waals surface area (Å²) in [6.07, 6.45) is 8.19. The Kier molecular flexibility index (Phi) is 8.25. The summed E-state index contributed by atoms with van der Waals surface area (Å²) >= 11 is 3.68. The predicted molar refractivity (Wildman–Crippen MR) is 145 cm³/mol. The molecule has 1 spiro atoms. The third-order valence-corrected chi connectivity index (χ3v) is 8.71. The Bertz CT molecular complexity index is 1100. The van der Waals surface area contributed by atoms with E-state index in [2.05, 4.69) is 57.7 Å². The van der Waals surface area contributed by atoms with E-state index in [1.807, 2.05) is 48.2 Å². The second kappa shape index (κ2) is 11.6. The SMILES string of the molecule is CC(C)Sc1cccc(OCCCNC2COC3(CCN(Sc4cnc5cc[nH]c5c4)CC3)C2)c1. The lowest BCUT2D eigenvalue weighted by molar-refractivity contribution is -0.0300. The third kappa shape index (κ3) is 6.74. The Hall–Kier alpha value is -1.71. The zero-order chi connectivity index (χ0) is 24.1. The van der Waals surface area contributed by atoms with Crippen LogP contribution in [0.3, 0.4) is 0 Å². The smallest absolute Gasteiger partial charge is 0.120 e. The minimum absolute atomic E-state index is 0.0431. The summed E-state index contributed by atoms with van der Waals surface area (Å²) in [7, 11) is 0. The van der Waals surface area contributed by atoms with Crippen molar-refractivity contribution in [1.82, 2.24) is 19.6 Å². The van der Waals surface area contributed by atoms with Crippen molar-refractivity contribution in [1.29, 1.82) is 0 Å². The van der Waals surface area contributed by atoms with Crippen molar-refractivity contribution in [3.05, 3.63) is 48.8 Å². The van der Waals surface area contributed by atoms with E-state index in [1.54, 1.807) is 0 Å². The highest BCUT2D eigenvalue weighted by atomic mass is 32.2. The molecule has 0 bridgehead atoms. The molecule has 1 unspecified atom stereocenters. The molecule has 6 nitrogen and oxygen atoms in total. The summed E-state index contributed by atoms with van der Waals surface area (Å²) in [6.45, 7) is 9.02. The molecule has 4 heterocycles. The fourth-order valence-electron chi connectivity index (χ4n) is 4.90. The number of aromatic amines is 1. The molecule has 1 atom stereocenters. The monoisotopic (exact) mass is 512 g/mol. The van der Waals surface area contributed by atoms with Gasteiger partial charge in [0.05, 0.1) is 29.8 Å². The zero-order valence-corrected chi connectivity index (χ0v) is 22.3. The van der Waals surface area contributed by atoms with Crippen LogP contribution < -0.4 is 10.1 Å². The second-order valence-electron chi connectivity index (χ2n) is 9.79. The van der Waals surface area contributed by atoms with Crippen molar-refractivity contribution in [3.8, 4) is 5.75 Å². The molecule has 2 aliphatic rings. The van der Waals surface area contributed by atoms with Crippen molar-refractivity contribution in [2.75, 3.05) is 32.8 Å². The van der Waals surface area contributed by atoms with Crippen molar-refractivity contribution >= 4 is 34.7 Å². The number of aromatic nitrogens is 2. The van der Waals surface area contributed by atoms with Crippen molar-refractivity contribution in [2.45, 2.75) is 66.2 Å². The molecule has 2 saturated heterocycles. The summed E-state index contributed by atoms with van der Waals surface area (Å²) in [4.78, 5) is 10.3. The van der Waals surface area contributed by atoms with Gasteiger partial charge in [0.15, 0.2) is 0 Å². The maximum absolute atomic E-state index is 6.36. The van der Waals surface area contributed by atoms with Gasteiger partial charge in [-0.05, 0) is 74.5 Å². The lowest BCUT2D eigenvalue weighted by atomic mass is 9.88. The first-order valence-corrected chi connectivity index (χ1v) is 14.4. The highest BCUT2D eigenvalue weighted by molar-refractivity contribution is 7.99. The molecule has 3 aromatic rings. The molecule has 2 aromatic heterocycles. The van der Waals surface area contributed by atoms with E-state index >= 15 is 0 Å². The maximum atomic E-state index is 6.36. The van der Waals surface area contributed by atoms with Crippen LogP contribution in [0.1, 0.15) is 39.5 Å². The number of piperidine rings is 1. The Balaban J connectivity index is 0.995. The molecule has 2 fully saturated rings. The summed E-state index contributed by atoms with van der Waals surface area (Å²) in [5, 5.41) is 4.28. The Morgan fingerprint density at radius 2 is 2.11 bits per heavy atom. The van der Waals surface area contributed by atoms with Gasteiger partial charge in [0.25, 0.3) is 0 Å². The molecule has 188 valence electrons. The summed E-state index contributed by atoms with van der Waals surface area (Å²) in [5.74, 6) is 0.965. The average Bonchev–Trinajstić information content (AvgIpc) is 3.47. The van der Waals surface area contributed by atoms with Gasteiger partial charge in [0.1, 0.15) is 5.75 Å². The predicted octanol–water partition coefficient (Wildman–Crippen LogP) is 5.75. The number of fused-ring (bicyclic) bond motifs is 1. The zero-order valence-electron chi connectivity index (χ0n) is 20.7. The number of hydrogen-bond donors (Lipinski definition) is 2. The average molecular weight is 513 g/mol. The van der Waals surface area contributed by atoms with Crippen LogP contribution in [0.25, 0.3) is 11.0 Å². The molecule has 2 aliphatic heterocycles. The summed E-state index contributed by atoms with van der Waals surface area (Å²) in [5.41, 5.74) is 2.16. The van der Waals surface area contributed by atoms with Crippen LogP contribution in [0.2, 0.25) is 0 Å². The molecule has 0 aliphatic carbocycles. The quantitative estimate of drug-likeness (QED) is 0.204. The van der Waals surface area contributed by atoms with Crippen LogP contribution in [0.4, 0.5) is 0 Å². The van der Waals surface area contributed by atoms with Crippen molar-refractivity contribution < 1.29 is 9.47 Å². The van der Waals surface area contributed by atoms with Crippen molar-refractivity contribution in [2.24, 2.45) is 0 Å². The van der Waals surface area contributed by atoms with Gasteiger partial charge in [0.2, 0.25) is 0 Å². The van der Waals surface area contributed by atoms with Crippen LogP contribution in [-0.4, -0.2) is 64.0 Å². The standard InChI is InChI=1S/C27H36N4O2S2/c1-20(2)34-23-6-3-5-22(15-23)32-14-4-10-28-21-17-27(33-19-21)8-12-31(13-9-27)35-24-16-26-25(30-18-24)7-11-29-26/h3,5-7,11,15-16,18,20-21,28-29H,4,8-10,12-14,17,19H2,1-2H3. The molecule has 1 aromatic carbocycles. The molecule has 0 amide bonds. The molecule has 0 saturated carbocycles. The number of nitrogens with one attached hydrogen (secondary N) is 2. The van der Waals surface area contributed by atoms with Gasteiger partial charge in [-0.3, -0.25) is 4.98 Å². The number of hydrogen-bond acceptors (Lipinski definition) is 7. The first-order chi connectivity index (χ1) is 17.1. The van der Waals surface area contributed by atoms with E-state index in [-0.39, 0.29) is 5.60 Å². The maximum Gasteiger partial charge on any atom is 0.120 e. The normalized spacial score (nSPS) is 20.3. The van der Waals surface area contributed by atoms with E-state index in [4.69, 9.17) is 9.47 Å². The van der Waals surface area contributed by atoms with Gasteiger partial charge in [-0.2, -0.15) is 0 Å². The number of rotatable bonds is 10. The Morgan fingerprint density at radius 1 is 1.23 bits per heavy atom. The van der Waals surface area contributed by atoms with Crippen LogP contribution in [0.15, 0.2) is 58.6 Å². The highest BCUT2D eigenvalue weighted by Crippen LogP contribution is 2.39. The first kappa shape index (κ1) is 25.0. The fraction of sp³-hybridized carbons (Fsp3) is 0.519. The highest BCUT2D eigenvalue weighted by Gasteiger charge is 2.42. The van der Waals surface area contributed by atoms with E-state index in [1.165, 1.54) is 9.79 Å². The van der Waals surface area contributed by atoms with Gasteiger partial charge in [-0.1, -0.05) is 19.9 Å². The van der Waals surface area contributed by atoms with Crippen LogP contribution in [0.5, 0.6) is 5.75 Å². The molecular formula is C27H36N4O2S2. The third-order valence-electron chi connectivity index (χ3n) is 6.65. The lowest BCUT2D eigenvalue weighted by Gasteiger charge is -2.38. The lowest BCUT2D eigenvalue weighted by Crippen LogP contribution is -2.42. The largest absolute Gasteiger partial charge is 0.494 e. The molecular weight excluding hydrogens is 476 g/mol. The van der Waals surface area contributed by atoms with Gasteiger partial charge in [-0.15, -0.1) is 11.8 Å². The Labute approximate surface area is 217 Å². The number of nitrogens with zero attached hydrogens (tertiary/aromatic N) is 2. The molecule has 2 N–H and O–H groups in total.